The van der Waals surface area contributed by atoms with Crippen molar-refractivity contribution < 1.29 is 28.3 Å². The summed E-state index contributed by atoms with van der Waals surface area (Å²) in [6.07, 6.45) is 2.31. The molecule has 0 bridgehead atoms. The molecule has 34 heavy (non-hydrogen) atoms. The Kier molecular flexibility index (Phi) is 5.71. The van der Waals surface area contributed by atoms with Gasteiger partial charge in [-0.3, -0.25) is 14.8 Å². The number of piperazine rings is 1. The Balaban J connectivity index is 1.25. The van der Waals surface area contributed by atoms with Crippen molar-refractivity contribution in [3.63, 3.8) is 0 Å². The first-order chi connectivity index (χ1) is 16.2. The van der Waals surface area contributed by atoms with E-state index in [1.807, 2.05) is 0 Å². The molecule has 0 unspecified atom stereocenters. The minimum absolute atomic E-state index is 0.0165. The van der Waals surface area contributed by atoms with Crippen molar-refractivity contribution in [2.75, 3.05) is 26.2 Å². The number of hydrogen-bond acceptors (Lipinski definition) is 6. The van der Waals surface area contributed by atoms with Crippen LogP contribution in [0.15, 0.2) is 53.4 Å². The van der Waals surface area contributed by atoms with Gasteiger partial charge in [0.1, 0.15) is 5.60 Å². The topological polar surface area (TPSA) is 118 Å². The van der Waals surface area contributed by atoms with Crippen LogP contribution in [0.5, 0.6) is 0 Å². The highest BCUT2D eigenvalue weighted by molar-refractivity contribution is 7.89. The Bertz CT molecular complexity index is 1210. The van der Waals surface area contributed by atoms with Gasteiger partial charge in [-0.2, -0.15) is 0 Å². The predicted molar refractivity (Wildman–Crippen MR) is 122 cm³/mol. The molecule has 1 saturated heterocycles. The second kappa shape index (κ2) is 8.46. The van der Waals surface area contributed by atoms with Crippen molar-refractivity contribution in [2.24, 2.45) is 0 Å². The first kappa shape index (κ1) is 23.0. The number of hydroxylamine groups is 1. The van der Waals surface area contributed by atoms with E-state index in [4.69, 9.17) is 0 Å². The molecule has 2 aromatic carbocycles. The van der Waals surface area contributed by atoms with Crippen LogP contribution in [0.3, 0.4) is 0 Å². The van der Waals surface area contributed by atoms with Crippen molar-refractivity contribution in [3.8, 4) is 11.1 Å². The van der Waals surface area contributed by atoms with Crippen molar-refractivity contribution >= 4 is 21.8 Å². The van der Waals surface area contributed by atoms with Gasteiger partial charge in [0.15, 0.2) is 0 Å². The fourth-order valence-corrected chi connectivity index (χ4v) is 5.51. The number of aliphatic hydroxyl groups is 1. The second-order valence-electron chi connectivity index (χ2n) is 9.23. The molecule has 3 aliphatic rings. The van der Waals surface area contributed by atoms with E-state index in [0.717, 1.165) is 5.56 Å². The molecule has 10 heteroatoms. The van der Waals surface area contributed by atoms with E-state index in [-0.39, 0.29) is 22.8 Å². The smallest absolute Gasteiger partial charge is 0.265 e. The van der Waals surface area contributed by atoms with Gasteiger partial charge in [-0.15, -0.1) is 0 Å². The summed E-state index contributed by atoms with van der Waals surface area (Å²) in [5, 5.41) is 20.0. The van der Waals surface area contributed by atoms with E-state index in [9.17, 15) is 28.3 Å². The molecule has 2 aromatic rings. The van der Waals surface area contributed by atoms with Gasteiger partial charge in [-0.05, 0) is 61.1 Å². The van der Waals surface area contributed by atoms with Crippen LogP contribution in [0, 0.1) is 0 Å². The molecule has 1 heterocycles. The van der Waals surface area contributed by atoms with E-state index in [1.54, 1.807) is 46.2 Å². The average molecular weight is 486 g/mol. The summed E-state index contributed by atoms with van der Waals surface area (Å²) in [6, 6.07) is 12.9. The van der Waals surface area contributed by atoms with Gasteiger partial charge in [-0.1, -0.05) is 28.7 Å². The number of benzene rings is 2. The lowest BCUT2D eigenvalue weighted by molar-refractivity contribution is -0.143. The number of rotatable bonds is 6. The van der Waals surface area contributed by atoms with Gasteiger partial charge in [0, 0.05) is 31.7 Å². The largest absolute Gasteiger partial charge is 0.380 e. The Morgan fingerprint density at radius 1 is 0.912 bits per heavy atom. The third-order valence-corrected chi connectivity index (χ3v) is 8.32. The summed E-state index contributed by atoms with van der Waals surface area (Å²) in [7, 11) is -3.97. The highest BCUT2D eigenvalue weighted by atomic mass is 32.2. The van der Waals surface area contributed by atoms with Gasteiger partial charge in [-0.25, -0.2) is 8.42 Å². The van der Waals surface area contributed by atoms with E-state index < -0.39 is 15.6 Å². The number of hydrogen-bond donors (Lipinski definition) is 2. The molecule has 3 fully saturated rings. The number of sulfonamides is 1. The molecule has 2 aliphatic carbocycles. The molecule has 2 N–H and O–H groups in total. The maximum atomic E-state index is 12.9. The van der Waals surface area contributed by atoms with Crippen molar-refractivity contribution in [2.45, 2.75) is 42.2 Å². The second-order valence-corrected chi connectivity index (χ2v) is 11.0. The fourth-order valence-electron chi connectivity index (χ4n) is 4.16. The van der Waals surface area contributed by atoms with Crippen LogP contribution in [0.1, 0.15) is 36.0 Å². The Morgan fingerprint density at radius 3 is 2.12 bits per heavy atom. The molecule has 0 radical (unpaired) electrons. The summed E-state index contributed by atoms with van der Waals surface area (Å²) in [6.45, 7) is 1.60. The highest BCUT2D eigenvalue weighted by Gasteiger charge is 2.50. The monoisotopic (exact) mass is 485 g/mol. The Morgan fingerprint density at radius 2 is 1.53 bits per heavy atom. The van der Waals surface area contributed by atoms with Crippen LogP contribution < -0.4 is 0 Å². The van der Waals surface area contributed by atoms with Gasteiger partial charge in [0.05, 0.1) is 10.9 Å². The third-order valence-electron chi connectivity index (χ3n) is 6.68. The summed E-state index contributed by atoms with van der Waals surface area (Å²) in [5.41, 5.74) is 0.724. The summed E-state index contributed by atoms with van der Waals surface area (Å²) in [4.78, 5) is 28.5. The number of amides is 2. The predicted octanol–water partition coefficient (Wildman–Crippen LogP) is 1.71. The van der Waals surface area contributed by atoms with Crippen LogP contribution >= 0.6 is 0 Å². The summed E-state index contributed by atoms with van der Waals surface area (Å²) < 4.78 is 25.7. The minimum atomic E-state index is -3.97. The molecule has 0 atom stereocenters. The third kappa shape index (κ3) is 4.34. The molecule has 2 saturated carbocycles. The zero-order chi connectivity index (χ0) is 24.1. The number of carbonyl (C=O) groups excluding carboxylic acids is 2. The van der Waals surface area contributed by atoms with Crippen LogP contribution in [-0.4, -0.2) is 82.6 Å². The lowest BCUT2D eigenvalue weighted by Crippen LogP contribution is -2.53. The standard InChI is InChI=1S/C24H27N3O6S/c28-22(25-12-14-26(15-13-25)23(29)24(30)10-11-24)18-6-4-17(5-7-18)19-2-1-3-21(16-19)34(32,33)27(31)20-8-9-20/h1-7,16,20,30-31H,8-15H2. The van der Waals surface area contributed by atoms with Gasteiger partial charge in [0.25, 0.3) is 21.8 Å². The molecule has 0 aromatic heterocycles. The summed E-state index contributed by atoms with van der Waals surface area (Å²) in [5.74, 6) is -0.380. The molecular formula is C24H27N3O6S. The SMILES string of the molecule is O=C(c1ccc(-c2cccc(S(=O)(=O)N(O)C3CC3)c2)cc1)N1CCN(C(=O)C2(O)CC2)CC1. The average Bonchev–Trinajstić information content (AvgIpc) is 3.80. The normalized spacial score (nSPS) is 19.9. The first-order valence-electron chi connectivity index (χ1n) is 11.4. The zero-order valence-corrected chi connectivity index (χ0v) is 19.4. The van der Waals surface area contributed by atoms with E-state index in [0.29, 0.717) is 67.5 Å². The van der Waals surface area contributed by atoms with Crippen molar-refractivity contribution in [3.05, 3.63) is 54.1 Å². The molecule has 9 nitrogen and oxygen atoms in total. The molecule has 180 valence electrons. The maximum Gasteiger partial charge on any atom is 0.265 e. The lowest BCUT2D eigenvalue weighted by atomic mass is 10.0. The number of nitrogens with zero attached hydrogens (tertiary/aromatic N) is 3. The van der Waals surface area contributed by atoms with Gasteiger partial charge < -0.3 is 14.9 Å². The van der Waals surface area contributed by atoms with E-state index in [2.05, 4.69) is 0 Å². The highest BCUT2D eigenvalue weighted by Crippen LogP contribution is 2.37. The first-order valence-corrected chi connectivity index (χ1v) is 12.9. The quantitative estimate of drug-likeness (QED) is 0.602. The van der Waals surface area contributed by atoms with Crippen molar-refractivity contribution in [1.82, 2.24) is 14.3 Å². The molecule has 1 aliphatic heterocycles. The van der Waals surface area contributed by atoms with Crippen LogP contribution in [0.25, 0.3) is 11.1 Å². The number of carbonyl (C=O) groups is 2. The lowest BCUT2D eigenvalue weighted by Gasteiger charge is -2.35. The molecule has 0 spiro atoms. The van der Waals surface area contributed by atoms with E-state index >= 15 is 0 Å². The molecular weight excluding hydrogens is 458 g/mol. The maximum absolute atomic E-state index is 12.9. The van der Waals surface area contributed by atoms with Crippen LogP contribution in [-0.2, 0) is 14.8 Å². The molecule has 5 rings (SSSR count). The van der Waals surface area contributed by atoms with E-state index in [1.165, 1.54) is 12.1 Å². The zero-order valence-electron chi connectivity index (χ0n) is 18.6. The Hall–Kier alpha value is -2.79. The van der Waals surface area contributed by atoms with Gasteiger partial charge >= 0.3 is 0 Å². The Labute approximate surface area is 198 Å². The van der Waals surface area contributed by atoms with Crippen LogP contribution in [0.4, 0.5) is 0 Å². The van der Waals surface area contributed by atoms with Crippen molar-refractivity contribution in [1.29, 1.82) is 0 Å². The molecule has 2 amide bonds. The van der Waals surface area contributed by atoms with Crippen LogP contribution in [0.2, 0.25) is 0 Å². The van der Waals surface area contributed by atoms with Gasteiger partial charge in [0.2, 0.25) is 0 Å². The minimum Gasteiger partial charge on any atom is -0.380 e. The fraction of sp³-hybridized carbons (Fsp3) is 0.417. The summed E-state index contributed by atoms with van der Waals surface area (Å²) >= 11 is 0.